The average Bonchev–Trinajstić information content (AvgIpc) is 2.03. The first-order chi connectivity index (χ1) is 6.00. The zero-order valence-corrected chi connectivity index (χ0v) is 9.02. The predicted molar refractivity (Wildman–Crippen MR) is 56.0 cm³/mol. The van der Waals surface area contributed by atoms with Crippen molar-refractivity contribution in [2.75, 3.05) is 13.2 Å². The third kappa shape index (κ3) is 5.64. The third-order valence-electron chi connectivity index (χ3n) is 2.17. The molecular formula is C10H22N2O. The fraction of sp³-hybridized carbons (Fsp3) is 0.900. The van der Waals surface area contributed by atoms with Crippen LogP contribution in [0.15, 0.2) is 0 Å². The van der Waals surface area contributed by atoms with Crippen molar-refractivity contribution < 1.29 is 4.74 Å². The molecule has 0 aromatic heterocycles. The Balaban J connectivity index is 3.46. The fourth-order valence-corrected chi connectivity index (χ4v) is 0.997. The molecule has 0 saturated carbocycles. The van der Waals surface area contributed by atoms with Crippen molar-refractivity contribution in [2.24, 2.45) is 11.1 Å². The van der Waals surface area contributed by atoms with Crippen LogP contribution in [0.4, 0.5) is 0 Å². The second kappa shape index (κ2) is 5.97. The van der Waals surface area contributed by atoms with Crippen LogP contribution in [0.2, 0.25) is 0 Å². The molecule has 0 aliphatic heterocycles. The van der Waals surface area contributed by atoms with E-state index in [-0.39, 0.29) is 11.3 Å². The van der Waals surface area contributed by atoms with Gasteiger partial charge in [-0.2, -0.15) is 0 Å². The minimum Gasteiger partial charge on any atom is -0.387 e. The van der Waals surface area contributed by atoms with E-state index in [4.69, 9.17) is 15.9 Å². The Labute approximate surface area is 81.2 Å². The maximum absolute atomic E-state index is 7.35. The molecule has 0 rings (SSSR count). The number of nitrogens with two attached hydrogens (primary N) is 1. The van der Waals surface area contributed by atoms with Gasteiger partial charge in [-0.3, -0.25) is 5.41 Å². The zero-order valence-electron chi connectivity index (χ0n) is 9.02. The highest BCUT2D eigenvalue weighted by Crippen LogP contribution is 2.21. The summed E-state index contributed by atoms with van der Waals surface area (Å²) in [6.07, 6.45) is 2.97. The first-order valence-corrected chi connectivity index (χ1v) is 4.93. The summed E-state index contributed by atoms with van der Waals surface area (Å²) >= 11 is 0. The lowest BCUT2D eigenvalue weighted by molar-refractivity contribution is 0.126. The van der Waals surface area contributed by atoms with E-state index in [9.17, 15) is 0 Å². The highest BCUT2D eigenvalue weighted by atomic mass is 16.5. The van der Waals surface area contributed by atoms with E-state index < -0.39 is 0 Å². The lowest BCUT2D eigenvalue weighted by atomic mass is 9.87. The van der Waals surface area contributed by atoms with Gasteiger partial charge in [0.2, 0.25) is 0 Å². The molecule has 0 spiro atoms. The minimum absolute atomic E-state index is 0.171. The molecular weight excluding hydrogens is 164 g/mol. The molecule has 0 unspecified atom stereocenters. The zero-order chi connectivity index (χ0) is 10.3. The van der Waals surface area contributed by atoms with E-state index in [0.717, 1.165) is 32.5 Å². The van der Waals surface area contributed by atoms with Crippen LogP contribution in [-0.2, 0) is 4.74 Å². The van der Waals surface area contributed by atoms with Crippen molar-refractivity contribution in [3.63, 3.8) is 0 Å². The van der Waals surface area contributed by atoms with Crippen molar-refractivity contribution in [3.05, 3.63) is 0 Å². The maximum Gasteiger partial charge on any atom is 0.0963 e. The quantitative estimate of drug-likeness (QED) is 0.363. The van der Waals surface area contributed by atoms with Gasteiger partial charge in [-0.25, -0.2) is 0 Å². The SMILES string of the molecule is CCCOCCCC(C)(C)C(=N)N. The van der Waals surface area contributed by atoms with Crippen LogP contribution in [0.3, 0.4) is 0 Å². The van der Waals surface area contributed by atoms with E-state index in [0.29, 0.717) is 0 Å². The Hall–Kier alpha value is -0.570. The number of nitrogens with one attached hydrogen (secondary N) is 1. The van der Waals surface area contributed by atoms with Gasteiger partial charge < -0.3 is 10.5 Å². The van der Waals surface area contributed by atoms with Crippen LogP contribution in [-0.4, -0.2) is 19.0 Å². The number of hydrogen-bond donors (Lipinski definition) is 2. The largest absolute Gasteiger partial charge is 0.387 e. The van der Waals surface area contributed by atoms with E-state index in [2.05, 4.69) is 6.92 Å². The van der Waals surface area contributed by atoms with Crippen LogP contribution in [0, 0.1) is 10.8 Å². The van der Waals surface area contributed by atoms with Crippen LogP contribution in [0.25, 0.3) is 0 Å². The van der Waals surface area contributed by atoms with E-state index in [1.54, 1.807) is 0 Å². The Bertz CT molecular complexity index is 155. The molecule has 3 N–H and O–H groups in total. The molecule has 0 fully saturated rings. The van der Waals surface area contributed by atoms with E-state index in [1.807, 2.05) is 13.8 Å². The van der Waals surface area contributed by atoms with Crippen molar-refractivity contribution >= 4 is 5.84 Å². The summed E-state index contributed by atoms with van der Waals surface area (Å²) in [7, 11) is 0. The van der Waals surface area contributed by atoms with Crippen molar-refractivity contribution in [1.29, 1.82) is 5.41 Å². The molecule has 0 aromatic carbocycles. The normalized spacial score (nSPS) is 11.6. The lowest BCUT2D eigenvalue weighted by Crippen LogP contribution is -2.30. The average molecular weight is 186 g/mol. The highest BCUT2D eigenvalue weighted by molar-refractivity contribution is 5.82. The second-order valence-electron chi connectivity index (χ2n) is 4.01. The Morgan fingerprint density at radius 3 is 2.46 bits per heavy atom. The standard InChI is InChI=1S/C10H22N2O/c1-4-7-13-8-5-6-10(2,3)9(11)12/h4-8H2,1-3H3,(H3,11,12). The topological polar surface area (TPSA) is 59.1 Å². The van der Waals surface area contributed by atoms with E-state index >= 15 is 0 Å². The molecule has 0 heterocycles. The van der Waals surface area contributed by atoms with Gasteiger partial charge in [-0.15, -0.1) is 0 Å². The van der Waals surface area contributed by atoms with Crippen molar-refractivity contribution in [2.45, 2.75) is 40.0 Å². The number of ether oxygens (including phenoxy) is 1. The van der Waals surface area contributed by atoms with Crippen LogP contribution < -0.4 is 5.73 Å². The summed E-state index contributed by atoms with van der Waals surface area (Å²) < 4.78 is 5.35. The summed E-state index contributed by atoms with van der Waals surface area (Å²) in [5.41, 5.74) is 5.28. The highest BCUT2D eigenvalue weighted by Gasteiger charge is 2.20. The van der Waals surface area contributed by atoms with Gasteiger partial charge >= 0.3 is 0 Å². The summed E-state index contributed by atoms with van der Waals surface area (Å²) in [4.78, 5) is 0. The van der Waals surface area contributed by atoms with Crippen molar-refractivity contribution in [3.8, 4) is 0 Å². The van der Waals surface area contributed by atoms with Crippen LogP contribution in [0.1, 0.15) is 40.0 Å². The Morgan fingerprint density at radius 2 is 2.00 bits per heavy atom. The molecule has 0 saturated heterocycles. The molecule has 0 atom stereocenters. The summed E-state index contributed by atoms with van der Waals surface area (Å²) in [6, 6.07) is 0. The molecule has 0 bridgehead atoms. The molecule has 78 valence electrons. The summed E-state index contributed by atoms with van der Waals surface area (Å²) in [5.74, 6) is 0.267. The first kappa shape index (κ1) is 12.4. The summed E-state index contributed by atoms with van der Waals surface area (Å²) in [6.45, 7) is 7.70. The minimum atomic E-state index is -0.171. The number of hydrogen-bond acceptors (Lipinski definition) is 2. The number of amidine groups is 1. The number of rotatable bonds is 7. The second-order valence-corrected chi connectivity index (χ2v) is 4.01. The monoisotopic (exact) mass is 186 g/mol. The molecule has 3 nitrogen and oxygen atoms in total. The molecule has 0 radical (unpaired) electrons. The maximum atomic E-state index is 7.35. The van der Waals surface area contributed by atoms with Gasteiger partial charge in [0.25, 0.3) is 0 Å². The predicted octanol–water partition coefficient (Wildman–Crippen LogP) is 2.16. The van der Waals surface area contributed by atoms with Crippen molar-refractivity contribution in [1.82, 2.24) is 0 Å². The smallest absolute Gasteiger partial charge is 0.0963 e. The molecule has 0 aliphatic rings. The molecule has 3 heteroatoms. The van der Waals surface area contributed by atoms with Gasteiger partial charge in [0, 0.05) is 18.6 Å². The summed E-state index contributed by atoms with van der Waals surface area (Å²) in [5, 5.41) is 7.35. The molecule has 0 amide bonds. The first-order valence-electron chi connectivity index (χ1n) is 4.93. The van der Waals surface area contributed by atoms with Gasteiger partial charge in [-0.1, -0.05) is 20.8 Å². The van der Waals surface area contributed by atoms with Gasteiger partial charge in [0.1, 0.15) is 0 Å². The van der Waals surface area contributed by atoms with Crippen LogP contribution >= 0.6 is 0 Å². The van der Waals surface area contributed by atoms with Crippen LogP contribution in [0.5, 0.6) is 0 Å². The Morgan fingerprint density at radius 1 is 1.38 bits per heavy atom. The van der Waals surface area contributed by atoms with Gasteiger partial charge in [-0.05, 0) is 19.3 Å². The lowest BCUT2D eigenvalue weighted by Gasteiger charge is -2.22. The molecule has 0 aliphatic carbocycles. The Kier molecular flexibility index (Phi) is 5.71. The molecule has 0 aromatic rings. The van der Waals surface area contributed by atoms with Gasteiger partial charge in [0.05, 0.1) is 5.84 Å². The van der Waals surface area contributed by atoms with E-state index in [1.165, 1.54) is 0 Å². The fourth-order valence-electron chi connectivity index (χ4n) is 0.997. The molecule has 13 heavy (non-hydrogen) atoms. The third-order valence-corrected chi connectivity index (χ3v) is 2.17. The van der Waals surface area contributed by atoms with Gasteiger partial charge in [0.15, 0.2) is 0 Å².